The minimum atomic E-state index is -0.670. The van der Waals surface area contributed by atoms with Crippen molar-refractivity contribution in [1.82, 2.24) is 0 Å². The van der Waals surface area contributed by atoms with E-state index in [9.17, 15) is 25.0 Å². The molecule has 0 atom stereocenters. The summed E-state index contributed by atoms with van der Waals surface area (Å²) < 4.78 is 0. The topological polar surface area (TPSA) is 137 Å². The predicted molar refractivity (Wildman–Crippen MR) is 99.8 cm³/mol. The van der Waals surface area contributed by atoms with E-state index in [1.165, 1.54) is 37.4 Å². The maximum atomic E-state index is 12.2. The molecule has 136 valence electrons. The number of anilines is 3. The molecule has 0 aromatic heterocycles. The van der Waals surface area contributed by atoms with Gasteiger partial charge in [-0.15, -0.1) is 0 Å². The number of nitrogens with one attached hydrogen (secondary N) is 3. The highest BCUT2D eigenvalue weighted by atomic mass is 16.6. The van der Waals surface area contributed by atoms with E-state index < -0.39 is 10.8 Å². The van der Waals surface area contributed by atoms with Gasteiger partial charge in [0, 0.05) is 42.3 Å². The lowest BCUT2D eigenvalue weighted by molar-refractivity contribution is -0.384. The molecule has 3 N–H and O–H groups in total. The third kappa shape index (κ3) is 5.68. The van der Waals surface area contributed by atoms with Crippen LogP contribution in [0.1, 0.15) is 6.92 Å². The highest BCUT2D eigenvalue weighted by molar-refractivity contribution is 6.06. The van der Waals surface area contributed by atoms with Crippen LogP contribution >= 0.6 is 0 Å². The van der Waals surface area contributed by atoms with E-state index >= 15 is 0 Å². The first-order valence-electron chi connectivity index (χ1n) is 7.69. The number of carbonyl (C=O) groups excluding carboxylic acids is 2. The van der Waals surface area contributed by atoms with Crippen LogP contribution in [0.25, 0.3) is 0 Å². The van der Waals surface area contributed by atoms with Crippen LogP contribution < -0.4 is 16.0 Å². The molecule has 2 amide bonds. The zero-order chi connectivity index (χ0) is 19.8. The van der Waals surface area contributed by atoms with Gasteiger partial charge < -0.3 is 16.0 Å². The number of nitro groups is 1. The Kier molecular flexibility index (Phi) is 6.22. The molecule has 0 fully saturated rings. The number of rotatable bonds is 6. The van der Waals surface area contributed by atoms with E-state index in [0.717, 1.165) is 0 Å². The zero-order valence-corrected chi connectivity index (χ0v) is 14.2. The molecular formula is C18H15N5O4. The van der Waals surface area contributed by atoms with Gasteiger partial charge in [-0.1, -0.05) is 6.07 Å². The number of benzene rings is 2. The Morgan fingerprint density at radius 2 is 1.74 bits per heavy atom. The van der Waals surface area contributed by atoms with E-state index in [0.29, 0.717) is 17.1 Å². The van der Waals surface area contributed by atoms with Gasteiger partial charge >= 0.3 is 0 Å². The molecule has 2 aromatic rings. The second-order valence-corrected chi connectivity index (χ2v) is 5.33. The van der Waals surface area contributed by atoms with E-state index in [1.807, 2.05) is 0 Å². The van der Waals surface area contributed by atoms with Crippen LogP contribution in [0, 0.1) is 21.4 Å². The molecule has 2 rings (SSSR count). The lowest BCUT2D eigenvalue weighted by atomic mass is 10.2. The van der Waals surface area contributed by atoms with Gasteiger partial charge in [0.2, 0.25) is 5.91 Å². The molecular weight excluding hydrogens is 350 g/mol. The Morgan fingerprint density at radius 3 is 2.33 bits per heavy atom. The van der Waals surface area contributed by atoms with Crippen molar-refractivity contribution in [2.75, 3.05) is 16.0 Å². The van der Waals surface area contributed by atoms with Gasteiger partial charge in [-0.2, -0.15) is 5.26 Å². The number of amides is 2. The standard InChI is InChI=1S/C18H15N5O4/c1-12(24)21-16-4-2-3-15(9-16)20-11-13(10-19)18(25)22-14-5-7-17(8-6-14)23(26)27/h2-9,11,20H,1H3,(H,21,24)(H,22,25)/b13-11-. The van der Waals surface area contributed by atoms with Gasteiger partial charge in [0.15, 0.2) is 0 Å². The fourth-order valence-electron chi connectivity index (χ4n) is 2.06. The third-order valence-electron chi connectivity index (χ3n) is 3.27. The summed E-state index contributed by atoms with van der Waals surface area (Å²) in [4.78, 5) is 33.3. The van der Waals surface area contributed by atoms with Crippen molar-refractivity contribution < 1.29 is 14.5 Å². The van der Waals surface area contributed by atoms with Gasteiger partial charge in [-0.05, 0) is 30.3 Å². The Bertz CT molecular complexity index is 945. The Morgan fingerprint density at radius 1 is 1.07 bits per heavy atom. The van der Waals surface area contributed by atoms with Crippen molar-refractivity contribution in [3.63, 3.8) is 0 Å². The monoisotopic (exact) mass is 365 g/mol. The van der Waals surface area contributed by atoms with Crippen LogP contribution in [0.5, 0.6) is 0 Å². The van der Waals surface area contributed by atoms with Gasteiger partial charge in [0.25, 0.3) is 11.6 Å². The van der Waals surface area contributed by atoms with Crippen LogP contribution in [-0.2, 0) is 9.59 Å². The molecule has 0 aliphatic rings. The maximum Gasteiger partial charge on any atom is 0.269 e. The Labute approximate surface area is 154 Å². The average Bonchev–Trinajstić information content (AvgIpc) is 2.62. The first kappa shape index (κ1) is 19.1. The summed E-state index contributed by atoms with van der Waals surface area (Å²) in [5, 5.41) is 27.7. The summed E-state index contributed by atoms with van der Waals surface area (Å²) >= 11 is 0. The van der Waals surface area contributed by atoms with Crippen molar-refractivity contribution in [3.05, 3.63) is 70.4 Å². The largest absolute Gasteiger partial charge is 0.360 e. The lowest BCUT2D eigenvalue weighted by Gasteiger charge is -2.07. The van der Waals surface area contributed by atoms with Crippen molar-refractivity contribution >= 4 is 34.6 Å². The number of non-ortho nitro benzene ring substituents is 1. The van der Waals surface area contributed by atoms with Crippen LogP contribution in [0.4, 0.5) is 22.7 Å². The van der Waals surface area contributed by atoms with Crippen LogP contribution in [0.2, 0.25) is 0 Å². The number of nitrogens with zero attached hydrogens (tertiary/aromatic N) is 2. The van der Waals surface area contributed by atoms with E-state index in [2.05, 4.69) is 16.0 Å². The SMILES string of the molecule is CC(=O)Nc1cccc(N/C=C(/C#N)C(=O)Nc2ccc([N+](=O)[O-])cc2)c1. The third-order valence-corrected chi connectivity index (χ3v) is 3.27. The molecule has 0 heterocycles. The van der Waals surface area contributed by atoms with E-state index in [-0.39, 0.29) is 17.2 Å². The molecule has 9 heteroatoms. The van der Waals surface area contributed by atoms with Crippen molar-refractivity contribution in [1.29, 1.82) is 5.26 Å². The van der Waals surface area contributed by atoms with E-state index in [1.54, 1.807) is 30.3 Å². The minimum Gasteiger partial charge on any atom is -0.360 e. The second-order valence-electron chi connectivity index (χ2n) is 5.33. The van der Waals surface area contributed by atoms with Crippen LogP contribution in [0.15, 0.2) is 60.3 Å². The number of hydrogen-bond acceptors (Lipinski definition) is 6. The molecule has 2 aromatic carbocycles. The number of hydrogen-bond donors (Lipinski definition) is 3. The first-order valence-corrected chi connectivity index (χ1v) is 7.69. The van der Waals surface area contributed by atoms with Gasteiger partial charge in [0.1, 0.15) is 11.6 Å². The van der Waals surface area contributed by atoms with Crippen molar-refractivity contribution in [2.45, 2.75) is 6.92 Å². The first-order chi connectivity index (χ1) is 12.9. The molecule has 0 aliphatic heterocycles. The van der Waals surface area contributed by atoms with Crippen molar-refractivity contribution in [3.8, 4) is 6.07 Å². The molecule has 9 nitrogen and oxygen atoms in total. The normalized spacial score (nSPS) is 10.4. The highest BCUT2D eigenvalue weighted by Gasteiger charge is 2.11. The lowest BCUT2D eigenvalue weighted by Crippen LogP contribution is -2.14. The molecule has 0 saturated heterocycles. The number of nitro benzene ring substituents is 1. The molecule has 27 heavy (non-hydrogen) atoms. The summed E-state index contributed by atoms with van der Waals surface area (Å²) in [5.41, 5.74) is 1.15. The molecule has 0 bridgehead atoms. The second kappa shape index (κ2) is 8.77. The molecule has 0 radical (unpaired) electrons. The number of carbonyl (C=O) groups is 2. The molecule has 0 saturated carbocycles. The molecule has 0 spiro atoms. The highest BCUT2D eigenvalue weighted by Crippen LogP contribution is 2.17. The fourth-order valence-corrected chi connectivity index (χ4v) is 2.06. The van der Waals surface area contributed by atoms with Gasteiger partial charge in [-0.3, -0.25) is 19.7 Å². The number of nitriles is 1. The van der Waals surface area contributed by atoms with E-state index in [4.69, 9.17) is 0 Å². The molecule has 0 aliphatic carbocycles. The predicted octanol–water partition coefficient (Wildman–Crippen LogP) is 3.01. The summed E-state index contributed by atoms with van der Waals surface area (Å²) in [6.07, 6.45) is 1.23. The summed E-state index contributed by atoms with van der Waals surface area (Å²) in [6, 6.07) is 13.7. The van der Waals surface area contributed by atoms with Crippen LogP contribution in [0.3, 0.4) is 0 Å². The molecule has 0 unspecified atom stereocenters. The summed E-state index contributed by atoms with van der Waals surface area (Å²) in [5.74, 6) is -0.889. The Hall–Kier alpha value is -4.19. The quantitative estimate of drug-likeness (QED) is 0.311. The zero-order valence-electron chi connectivity index (χ0n) is 14.2. The summed E-state index contributed by atoms with van der Waals surface area (Å²) in [7, 11) is 0. The summed E-state index contributed by atoms with van der Waals surface area (Å²) in [6.45, 7) is 1.39. The van der Waals surface area contributed by atoms with Crippen LogP contribution in [-0.4, -0.2) is 16.7 Å². The Balaban J connectivity index is 2.07. The smallest absolute Gasteiger partial charge is 0.269 e. The van der Waals surface area contributed by atoms with Gasteiger partial charge in [-0.25, -0.2) is 0 Å². The average molecular weight is 365 g/mol. The van der Waals surface area contributed by atoms with Gasteiger partial charge in [0.05, 0.1) is 4.92 Å². The fraction of sp³-hybridized carbons (Fsp3) is 0.0556. The van der Waals surface area contributed by atoms with Crippen molar-refractivity contribution in [2.24, 2.45) is 0 Å². The maximum absolute atomic E-state index is 12.2. The minimum absolute atomic E-state index is 0.107.